The molecule has 0 aliphatic rings. The summed E-state index contributed by atoms with van der Waals surface area (Å²) in [6, 6.07) is 18.2. The number of hydrogen-bond donors (Lipinski definition) is 2. The van der Waals surface area contributed by atoms with Gasteiger partial charge in [-0.3, -0.25) is 9.59 Å². The lowest BCUT2D eigenvalue weighted by molar-refractivity contribution is -0.115. The van der Waals surface area contributed by atoms with Crippen molar-refractivity contribution in [3.8, 4) is 0 Å². The summed E-state index contributed by atoms with van der Waals surface area (Å²) >= 11 is 7.36. The Balaban J connectivity index is 1.65. The molecule has 0 aliphatic carbocycles. The van der Waals surface area contributed by atoms with Crippen molar-refractivity contribution in [3.63, 3.8) is 0 Å². The van der Waals surface area contributed by atoms with Gasteiger partial charge >= 0.3 is 0 Å². The van der Waals surface area contributed by atoms with Crippen molar-refractivity contribution < 1.29 is 14.0 Å². The van der Waals surface area contributed by atoms with Crippen LogP contribution in [0, 0.1) is 12.7 Å². The van der Waals surface area contributed by atoms with E-state index in [1.54, 1.807) is 43.3 Å². The van der Waals surface area contributed by atoms with Crippen LogP contribution in [0.2, 0.25) is 5.02 Å². The molecule has 2 amide bonds. The molecule has 3 aromatic rings. The molecule has 0 heterocycles. The Bertz CT molecular complexity index is 1090. The molecule has 0 radical (unpaired) electrons. The van der Waals surface area contributed by atoms with E-state index in [9.17, 15) is 14.0 Å². The molecular weight excluding hydrogens is 423 g/mol. The van der Waals surface area contributed by atoms with Crippen LogP contribution in [0.5, 0.6) is 0 Å². The molecule has 30 heavy (non-hydrogen) atoms. The Morgan fingerprint density at radius 2 is 1.77 bits per heavy atom. The number of rotatable bonds is 6. The molecule has 0 aromatic heterocycles. The molecular formula is C23H20ClFN2O2S. The van der Waals surface area contributed by atoms with E-state index < -0.39 is 11.7 Å². The Morgan fingerprint density at radius 1 is 1.00 bits per heavy atom. The number of aryl methyl sites for hydroxylation is 1. The van der Waals surface area contributed by atoms with Crippen molar-refractivity contribution in [1.29, 1.82) is 0 Å². The number of nitrogens with one attached hydrogen (secondary N) is 2. The van der Waals surface area contributed by atoms with Gasteiger partial charge in [-0.25, -0.2) is 4.39 Å². The number of thioether (sulfide) groups is 1. The lowest BCUT2D eigenvalue weighted by Gasteiger charge is -2.14. The van der Waals surface area contributed by atoms with Gasteiger partial charge in [-0.15, -0.1) is 11.8 Å². The zero-order valence-corrected chi connectivity index (χ0v) is 18.0. The third kappa shape index (κ3) is 5.62. The summed E-state index contributed by atoms with van der Waals surface area (Å²) in [7, 11) is 0. The highest BCUT2D eigenvalue weighted by atomic mass is 35.5. The monoisotopic (exact) mass is 442 g/mol. The van der Waals surface area contributed by atoms with Gasteiger partial charge in [0.05, 0.1) is 10.8 Å². The average Bonchev–Trinajstić information content (AvgIpc) is 2.71. The van der Waals surface area contributed by atoms with E-state index in [2.05, 4.69) is 10.6 Å². The highest BCUT2D eigenvalue weighted by molar-refractivity contribution is 8.00. The minimum absolute atomic E-state index is 0.0276. The van der Waals surface area contributed by atoms with Gasteiger partial charge < -0.3 is 10.6 Å². The fourth-order valence-electron chi connectivity index (χ4n) is 2.71. The van der Waals surface area contributed by atoms with Crippen LogP contribution >= 0.6 is 23.4 Å². The molecule has 3 aromatic carbocycles. The van der Waals surface area contributed by atoms with Gasteiger partial charge in [-0.1, -0.05) is 35.9 Å². The number of halogens is 2. The maximum atomic E-state index is 13.8. The van der Waals surface area contributed by atoms with Crippen LogP contribution in [0.1, 0.15) is 22.8 Å². The molecule has 4 nitrogen and oxygen atoms in total. The maximum Gasteiger partial charge on any atom is 0.258 e. The summed E-state index contributed by atoms with van der Waals surface area (Å²) in [5.74, 6) is -1.27. The Morgan fingerprint density at radius 3 is 2.53 bits per heavy atom. The van der Waals surface area contributed by atoms with E-state index in [0.29, 0.717) is 16.4 Å². The van der Waals surface area contributed by atoms with Crippen LogP contribution in [0.15, 0.2) is 71.6 Å². The minimum Gasteiger partial charge on any atom is -0.325 e. The third-order valence-corrected chi connectivity index (χ3v) is 5.68. The summed E-state index contributed by atoms with van der Waals surface area (Å²) < 4.78 is 13.8. The van der Waals surface area contributed by atoms with Crippen LogP contribution < -0.4 is 10.6 Å². The number of benzene rings is 3. The van der Waals surface area contributed by atoms with Gasteiger partial charge in [0.2, 0.25) is 5.91 Å². The molecule has 2 N–H and O–H groups in total. The fourth-order valence-corrected chi connectivity index (χ4v) is 3.81. The molecule has 3 rings (SSSR count). The van der Waals surface area contributed by atoms with E-state index >= 15 is 0 Å². The molecule has 154 valence electrons. The standard InChI is InChI=1S/C23H20ClFN2O2S/c1-14-10-11-16(24)12-21(14)27-22(28)15(2)30-18-7-5-6-17(13-18)26-23(29)19-8-3-4-9-20(19)25/h3-13,15H,1-2H3,(H,26,29)(H,27,28). The van der Waals surface area contributed by atoms with Gasteiger partial charge in [-0.2, -0.15) is 0 Å². The lowest BCUT2D eigenvalue weighted by Crippen LogP contribution is -2.22. The quantitative estimate of drug-likeness (QED) is 0.449. The molecule has 0 bridgehead atoms. The zero-order chi connectivity index (χ0) is 21.7. The first-order valence-electron chi connectivity index (χ1n) is 9.23. The Kier molecular flexibility index (Phi) is 7.13. The van der Waals surface area contributed by atoms with Crippen LogP contribution in [0.25, 0.3) is 0 Å². The first-order chi connectivity index (χ1) is 14.3. The molecule has 1 atom stereocenters. The number of carbonyl (C=O) groups excluding carboxylic acids is 2. The SMILES string of the molecule is Cc1ccc(Cl)cc1NC(=O)C(C)Sc1cccc(NC(=O)c2ccccc2F)c1. The lowest BCUT2D eigenvalue weighted by atomic mass is 10.2. The van der Waals surface area contributed by atoms with Crippen LogP contribution in [-0.2, 0) is 4.79 Å². The van der Waals surface area contributed by atoms with Gasteiger partial charge in [0.25, 0.3) is 5.91 Å². The number of carbonyl (C=O) groups is 2. The van der Waals surface area contributed by atoms with Crippen molar-refractivity contribution in [2.24, 2.45) is 0 Å². The average molecular weight is 443 g/mol. The molecule has 0 aliphatic heterocycles. The zero-order valence-electron chi connectivity index (χ0n) is 16.4. The topological polar surface area (TPSA) is 58.2 Å². The smallest absolute Gasteiger partial charge is 0.258 e. The van der Waals surface area contributed by atoms with Gasteiger partial charge in [0.15, 0.2) is 0 Å². The van der Waals surface area contributed by atoms with Gasteiger partial charge in [-0.05, 0) is 61.9 Å². The highest BCUT2D eigenvalue weighted by Crippen LogP contribution is 2.28. The molecule has 0 fully saturated rings. The molecule has 1 unspecified atom stereocenters. The van der Waals surface area contributed by atoms with Crippen molar-refractivity contribution in [2.75, 3.05) is 10.6 Å². The molecule has 0 saturated heterocycles. The number of amides is 2. The Hall–Kier alpha value is -2.83. The molecule has 7 heteroatoms. The first-order valence-corrected chi connectivity index (χ1v) is 10.5. The van der Waals surface area contributed by atoms with E-state index in [4.69, 9.17) is 11.6 Å². The van der Waals surface area contributed by atoms with Gasteiger partial charge in [0.1, 0.15) is 5.82 Å². The summed E-state index contributed by atoms with van der Waals surface area (Å²) in [6.45, 7) is 3.69. The number of anilines is 2. The van der Waals surface area contributed by atoms with Crippen molar-refractivity contribution in [1.82, 2.24) is 0 Å². The molecule has 0 spiro atoms. The minimum atomic E-state index is -0.581. The summed E-state index contributed by atoms with van der Waals surface area (Å²) in [4.78, 5) is 25.7. The first kappa shape index (κ1) is 21.9. The van der Waals surface area contributed by atoms with E-state index in [0.717, 1.165) is 10.5 Å². The fraction of sp³-hybridized carbons (Fsp3) is 0.130. The second kappa shape index (κ2) is 9.78. The predicted octanol–water partition coefficient (Wildman–Crippen LogP) is 6.16. The normalized spacial score (nSPS) is 11.6. The highest BCUT2D eigenvalue weighted by Gasteiger charge is 2.16. The summed E-state index contributed by atoms with van der Waals surface area (Å²) in [5.41, 5.74) is 2.08. The van der Waals surface area contributed by atoms with E-state index in [-0.39, 0.29) is 16.7 Å². The second-order valence-corrected chi connectivity index (χ2v) is 8.52. The third-order valence-electron chi connectivity index (χ3n) is 4.35. The predicted molar refractivity (Wildman–Crippen MR) is 121 cm³/mol. The summed E-state index contributed by atoms with van der Waals surface area (Å²) in [6.07, 6.45) is 0. The largest absolute Gasteiger partial charge is 0.325 e. The maximum absolute atomic E-state index is 13.8. The molecule has 0 saturated carbocycles. The van der Waals surface area contributed by atoms with E-state index in [1.165, 1.54) is 30.0 Å². The number of hydrogen-bond acceptors (Lipinski definition) is 3. The van der Waals surface area contributed by atoms with Crippen LogP contribution in [0.4, 0.5) is 15.8 Å². The van der Waals surface area contributed by atoms with Crippen LogP contribution in [0.3, 0.4) is 0 Å². The van der Waals surface area contributed by atoms with Crippen molar-refractivity contribution in [3.05, 3.63) is 88.7 Å². The Labute approximate surface area is 183 Å². The summed E-state index contributed by atoms with van der Waals surface area (Å²) in [5, 5.41) is 5.74. The van der Waals surface area contributed by atoms with Crippen molar-refractivity contribution >= 4 is 46.6 Å². The van der Waals surface area contributed by atoms with Crippen LogP contribution in [-0.4, -0.2) is 17.1 Å². The second-order valence-electron chi connectivity index (χ2n) is 6.67. The van der Waals surface area contributed by atoms with E-state index in [1.807, 2.05) is 19.1 Å². The van der Waals surface area contributed by atoms with Crippen molar-refractivity contribution in [2.45, 2.75) is 24.0 Å². The van der Waals surface area contributed by atoms with Gasteiger partial charge in [0, 0.05) is 21.3 Å².